The van der Waals surface area contributed by atoms with Crippen molar-refractivity contribution in [3.8, 4) is 0 Å². The van der Waals surface area contributed by atoms with E-state index in [1.807, 2.05) is 45.9 Å². The average molecular weight is 687 g/mol. The molecule has 2 aliphatic heterocycles. The van der Waals surface area contributed by atoms with E-state index in [1.54, 1.807) is 0 Å². The molecular formula is C40H46MgN4O5-2. The Balaban J connectivity index is 0.00000486. The summed E-state index contributed by atoms with van der Waals surface area (Å²) in [6.45, 7) is 18.6. The first kappa shape index (κ1) is 37.5. The molecule has 5 heterocycles. The van der Waals surface area contributed by atoms with Crippen LogP contribution in [-0.4, -0.2) is 65.9 Å². The molecule has 9 nitrogen and oxygen atoms in total. The average Bonchev–Trinajstić information content (AvgIpc) is 3.80. The molecule has 10 heteroatoms. The van der Waals surface area contributed by atoms with Gasteiger partial charge in [-0.15, -0.1) is 39.9 Å². The first-order valence-electron chi connectivity index (χ1n) is 17.2. The van der Waals surface area contributed by atoms with Gasteiger partial charge < -0.3 is 34.8 Å². The van der Waals surface area contributed by atoms with Gasteiger partial charge >= 0.3 is 35.0 Å². The minimum absolute atomic E-state index is 0. The van der Waals surface area contributed by atoms with Gasteiger partial charge in [-0.3, -0.25) is 9.59 Å². The van der Waals surface area contributed by atoms with Gasteiger partial charge in [-0.2, -0.15) is 11.4 Å². The topological polar surface area (TPSA) is 129 Å². The van der Waals surface area contributed by atoms with Crippen LogP contribution in [0.25, 0.3) is 34.9 Å². The molecule has 1 aliphatic carbocycles. The fourth-order valence-corrected chi connectivity index (χ4v) is 7.95. The van der Waals surface area contributed by atoms with E-state index in [0.717, 1.165) is 67.6 Å². The Bertz CT molecular complexity index is 2130. The third-order valence-corrected chi connectivity index (χ3v) is 10.8. The number of methoxy groups -OCH3 is 1. The number of carbonyl (C=O) groups excluding carboxylic acids is 2. The molecule has 260 valence electrons. The summed E-state index contributed by atoms with van der Waals surface area (Å²) in [7, 11) is 1.33. The van der Waals surface area contributed by atoms with E-state index in [4.69, 9.17) is 29.7 Å². The number of carbonyl (C=O) groups is 2. The van der Waals surface area contributed by atoms with Gasteiger partial charge in [-0.25, -0.2) is 0 Å². The summed E-state index contributed by atoms with van der Waals surface area (Å²) in [5, 5.41) is 19.9. The van der Waals surface area contributed by atoms with Crippen molar-refractivity contribution in [3.63, 3.8) is 0 Å². The van der Waals surface area contributed by atoms with Crippen molar-refractivity contribution in [3.05, 3.63) is 89.7 Å². The first-order valence-corrected chi connectivity index (χ1v) is 17.2. The van der Waals surface area contributed by atoms with Gasteiger partial charge in [0.15, 0.2) is 0 Å². The molecule has 0 spiro atoms. The van der Waals surface area contributed by atoms with Crippen LogP contribution in [0.3, 0.4) is 0 Å². The number of allylic oxidation sites excluding steroid dienone is 1. The maximum absolute atomic E-state index is 13.4. The summed E-state index contributed by atoms with van der Waals surface area (Å²) in [4.78, 5) is 41.7. The standard InChI is InChI=1S/C40H46N4O5.Mg/c1-10-24-20(5)27-16-29-22(7)26(12-13-33(45)49-15-14-19(3)4)37(43-29)35-36(40(47)48-9)39(46)34-23(8)30(44-38(34)35)18-32-25(11-2)21(6)28(42-32)17-31(24)41-27;/h10,14,16-17,22,26,29,36-37,46H,1,11-13,15,18H2,2-9H3;/q-4;+2/b27-16+,31-17-;/t22-,26-,29?,36+,37?;/m0./s1. The molecule has 2 unspecified atom stereocenters. The molecule has 3 aromatic heterocycles. The van der Waals surface area contributed by atoms with Crippen LogP contribution in [-0.2, 0) is 31.9 Å². The van der Waals surface area contributed by atoms with Crippen LogP contribution >= 0.6 is 0 Å². The van der Waals surface area contributed by atoms with Crippen LogP contribution in [0.5, 0.6) is 0 Å². The molecule has 3 aliphatic rings. The normalized spacial score (nSPS) is 23.3. The first-order chi connectivity index (χ1) is 23.4. The molecule has 5 atom stereocenters. The molecule has 8 bridgehead atoms. The molecule has 0 radical (unpaired) electrons. The van der Waals surface area contributed by atoms with Crippen LogP contribution in [0.4, 0.5) is 0 Å². The fraction of sp³-hybridized carbons (Fsp3) is 0.450. The van der Waals surface area contributed by atoms with E-state index in [1.165, 1.54) is 7.11 Å². The van der Waals surface area contributed by atoms with E-state index in [0.29, 0.717) is 29.0 Å². The van der Waals surface area contributed by atoms with Gasteiger partial charge in [0.1, 0.15) is 18.3 Å². The fourth-order valence-electron chi connectivity index (χ4n) is 7.95. The summed E-state index contributed by atoms with van der Waals surface area (Å²) in [5.74, 6) is -2.13. The van der Waals surface area contributed by atoms with Crippen molar-refractivity contribution in [2.45, 2.75) is 86.2 Å². The molecule has 3 aromatic rings. The molecule has 0 amide bonds. The van der Waals surface area contributed by atoms with Crippen molar-refractivity contribution in [1.82, 2.24) is 15.0 Å². The Morgan fingerprint density at radius 3 is 2.46 bits per heavy atom. The van der Waals surface area contributed by atoms with Gasteiger partial charge in [0.25, 0.3) is 0 Å². The van der Waals surface area contributed by atoms with Crippen LogP contribution in [0.15, 0.2) is 18.2 Å². The molecule has 1 saturated heterocycles. The minimum atomic E-state index is -1.04. The smallest absolute Gasteiger partial charge is 0.661 e. The van der Waals surface area contributed by atoms with Gasteiger partial charge in [0.05, 0.1) is 7.11 Å². The molecule has 6 rings (SSSR count). The van der Waals surface area contributed by atoms with Crippen LogP contribution in [0, 0.1) is 38.5 Å². The number of nitrogens with zero attached hydrogens (tertiary/aromatic N) is 4. The van der Waals surface area contributed by atoms with E-state index < -0.39 is 17.9 Å². The zero-order valence-electron chi connectivity index (χ0n) is 30.5. The summed E-state index contributed by atoms with van der Waals surface area (Å²) >= 11 is 0. The summed E-state index contributed by atoms with van der Waals surface area (Å²) < 4.78 is 10.8. The predicted molar refractivity (Wildman–Crippen MR) is 196 cm³/mol. The molecule has 1 N–H and O–H groups in total. The third kappa shape index (κ3) is 6.46. The number of fused-ring (bicyclic) bond motifs is 8. The van der Waals surface area contributed by atoms with E-state index in [-0.39, 0.29) is 65.7 Å². The summed E-state index contributed by atoms with van der Waals surface area (Å²) in [6, 6.07) is -0.796. The van der Waals surface area contributed by atoms with E-state index in [9.17, 15) is 14.7 Å². The second-order valence-corrected chi connectivity index (χ2v) is 13.8. The zero-order chi connectivity index (χ0) is 35.3. The zero-order valence-corrected chi connectivity index (χ0v) is 31.9. The van der Waals surface area contributed by atoms with Gasteiger partial charge in [-0.1, -0.05) is 77.8 Å². The molecule has 1 fully saturated rings. The maximum atomic E-state index is 13.4. The van der Waals surface area contributed by atoms with Crippen LogP contribution in [0.1, 0.15) is 85.4 Å². The Kier molecular flexibility index (Phi) is 11.1. The minimum Gasteiger partial charge on any atom is -0.661 e. The largest absolute Gasteiger partial charge is 2.00 e. The molecule has 0 aromatic carbocycles. The SMILES string of the molecule is C=Cc1c(C)/c2[n-]/c1=C\c1[n-]c(c(CC)c1C)Cc1[n-]c3c(c1C)=C(O)[C@H](C(=O)OC)C=3C1[N-]C(/C=2)[C@@H](C)[C@@H]1CCC(=O)OCC=C(C)C.[Mg+2]. The van der Waals surface area contributed by atoms with Crippen molar-refractivity contribution in [1.29, 1.82) is 0 Å². The van der Waals surface area contributed by atoms with Crippen LogP contribution < -0.4 is 36.2 Å². The quantitative estimate of drug-likeness (QED) is 0.218. The maximum Gasteiger partial charge on any atom is 2.00 e. The number of aliphatic hydroxyl groups excluding tert-OH is 1. The number of hydrogen-bond donors (Lipinski definition) is 1. The van der Waals surface area contributed by atoms with E-state index >= 15 is 0 Å². The van der Waals surface area contributed by atoms with Crippen molar-refractivity contribution >= 4 is 64.6 Å². The monoisotopic (exact) mass is 686 g/mol. The number of hydrogen-bond acceptors (Lipinski definition) is 5. The summed E-state index contributed by atoms with van der Waals surface area (Å²) in [5.41, 5.74) is 9.34. The van der Waals surface area contributed by atoms with Crippen LogP contribution in [0.2, 0.25) is 0 Å². The number of rotatable bonds is 8. The van der Waals surface area contributed by atoms with Crippen molar-refractivity contribution in [2.24, 2.45) is 17.8 Å². The second kappa shape index (κ2) is 14.9. The van der Waals surface area contributed by atoms with Gasteiger partial charge in [0, 0.05) is 6.42 Å². The second-order valence-electron chi connectivity index (χ2n) is 13.8. The molecule has 50 heavy (non-hydrogen) atoms. The number of aliphatic hydroxyl groups is 1. The Hall–Kier alpha value is -3.73. The number of ether oxygens (including phenoxy) is 2. The molecular weight excluding hydrogens is 641 g/mol. The Labute approximate surface area is 309 Å². The predicted octanol–water partition coefficient (Wildman–Crippen LogP) is 2.81. The summed E-state index contributed by atoms with van der Waals surface area (Å²) in [6.07, 6.45) is 9.81. The Morgan fingerprint density at radius 1 is 1.06 bits per heavy atom. The number of esters is 2. The van der Waals surface area contributed by atoms with Gasteiger partial charge in [-0.05, 0) is 70.7 Å². The van der Waals surface area contributed by atoms with Crippen molar-refractivity contribution < 1.29 is 24.2 Å². The number of aromatic nitrogens is 3. The Morgan fingerprint density at radius 2 is 1.80 bits per heavy atom. The van der Waals surface area contributed by atoms with E-state index in [2.05, 4.69) is 33.4 Å². The third-order valence-electron chi connectivity index (χ3n) is 10.8. The van der Waals surface area contributed by atoms with Crippen molar-refractivity contribution in [2.75, 3.05) is 13.7 Å². The molecule has 0 saturated carbocycles. The van der Waals surface area contributed by atoms with Gasteiger partial charge in [0.2, 0.25) is 0 Å².